The van der Waals surface area contributed by atoms with E-state index < -0.39 is 0 Å². The van der Waals surface area contributed by atoms with Crippen LogP contribution in [0.4, 0.5) is 0 Å². The first-order chi connectivity index (χ1) is 12.1. The van der Waals surface area contributed by atoms with E-state index >= 15 is 0 Å². The molecule has 1 heterocycles. The minimum atomic E-state index is -0.0990. The molecule has 0 amide bonds. The predicted molar refractivity (Wildman–Crippen MR) is 98.9 cm³/mol. The Labute approximate surface area is 147 Å². The number of hydrogen-bond donors (Lipinski definition) is 1. The Bertz CT molecular complexity index is 888. The number of aromatic amines is 1. The Kier molecular flexibility index (Phi) is 3.25. The first kappa shape index (κ1) is 15.4. The number of aromatic nitrogens is 1. The van der Waals surface area contributed by atoms with Crippen molar-refractivity contribution < 1.29 is 4.79 Å². The van der Waals surface area contributed by atoms with E-state index in [0.29, 0.717) is 12.2 Å². The topological polar surface area (TPSA) is 49.9 Å². The summed E-state index contributed by atoms with van der Waals surface area (Å²) in [4.78, 5) is 28.4. The summed E-state index contributed by atoms with van der Waals surface area (Å²) in [7, 11) is 0. The van der Waals surface area contributed by atoms with Gasteiger partial charge in [-0.1, -0.05) is 6.92 Å². The number of nitrogens with one attached hydrogen (secondary N) is 1. The maximum atomic E-state index is 13.5. The van der Waals surface area contributed by atoms with Gasteiger partial charge in [0.1, 0.15) is 0 Å². The van der Waals surface area contributed by atoms with E-state index in [9.17, 15) is 9.59 Å². The third-order valence-corrected chi connectivity index (χ3v) is 7.08. The van der Waals surface area contributed by atoms with E-state index in [1.165, 1.54) is 19.3 Å². The zero-order valence-electron chi connectivity index (χ0n) is 14.8. The van der Waals surface area contributed by atoms with Crippen LogP contribution in [-0.2, 0) is 6.42 Å². The van der Waals surface area contributed by atoms with E-state index in [1.807, 2.05) is 31.2 Å². The zero-order valence-corrected chi connectivity index (χ0v) is 14.8. The summed E-state index contributed by atoms with van der Waals surface area (Å²) in [6.07, 6.45) is 8.06. The number of hydrogen-bond acceptors (Lipinski definition) is 2. The molecule has 6 rings (SSSR count). The molecule has 0 atom stereocenters. The first-order valence-electron chi connectivity index (χ1n) is 9.77. The molecule has 1 aromatic heterocycles. The van der Waals surface area contributed by atoms with Gasteiger partial charge in [0.15, 0.2) is 5.78 Å². The van der Waals surface area contributed by atoms with E-state index in [1.54, 1.807) is 0 Å². The van der Waals surface area contributed by atoms with E-state index in [4.69, 9.17) is 0 Å². The van der Waals surface area contributed by atoms with Crippen molar-refractivity contribution in [3.05, 3.63) is 45.7 Å². The Morgan fingerprint density at radius 2 is 1.72 bits per heavy atom. The molecule has 25 heavy (non-hydrogen) atoms. The van der Waals surface area contributed by atoms with Crippen LogP contribution in [0.5, 0.6) is 0 Å². The molecule has 0 saturated heterocycles. The van der Waals surface area contributed by atoms with Gasteiger partial charge in [-0.3, -0.25) is 9.59 Å². The number of H-pyrrole nitrogens is 1. The van der Waals surface area contributed by atoms with Crippen molar-refractivity contribution in [3.63, 3.8) is 0 Å². The highest BCUT2D eigenvalue weighted by Crippen LogP contribution is 2.60. The minimum Gasteiger partial charge on any atom is -0.322 e. The van der Waals surface area contributed by atoms with Gasteiger partial charge in [-0.05, 0) is 92.4 Å². The number of carbonyl (C=O) groups excluding carboxylic acids is 1. The van der Waals surface area contributed by atoms with Gasteiger partial charge in [0.2, 0.25) is 0 Å². The van der Waals surface area contributed by atoms with Gasteiger partial charge in [-0.25, -0.2) is 0 Å². The van der Waals surface area contributed by atoms with E-state index in [-0.39, 0.29) is 11.0 Å². The molecule has 0 spiro atoms. The molecule has 2 aromatic rings. The fourth-order valence-corrected chi connectivity index (χ4v) is 6.35. The molecule has 4 saturated carbocycles. The highest BCUT2D eigenvalue weighted by atomic mass is 16.1. The van der Waals surface area contributed by atoms with E-state index in [0.717, 1.165) is 59.0 Å². The number of aryl methyl sites for hydroxylation is 1. The van der Waals surface area contributed by atoms with Crippen LogP contribution in [0.25, 0.3) is 10.9 Å². The van der Waals surface area contributed by atoms with Gasteiger partial charge in [0.05, 0.1) is 0 Å². The molecule has 1 N–H and O–H groups in total. The number of carbonyl (C=O) groups is 1. The molecule has 0 unspecified atom stereocenters. The Hall–Kier alpha value is -1.90. The molecule has 4 aliphatic carbocycles. The number of ketones is 1. The van der Waals surface area contributed by atoms with Crippen LogP contribution in [0.1, 0.15) is 61.4 Å². The molecule has 1 aromatic carbocycles. The summed E-state index contributed by atoms with van der Waals surface area (Å²) in [6, 6.07) is 7.78. The quantitative estimate of drug-likeness (QED) is 0.840. The standard InChI is InChI=1S/C22H25NO2/c1-2-16-8-18-9-17(3-4-19(18)23-21(16)25)20(24)22-10-13-5-14(11-22)7-15(6-13)12-22/h3-4,8-9,13-15H,2,5-7,10-12H2,1H3,(H,23,25). The van der Waals surface area contributed by atoms with Crippen LogP contribution in [0.15, 0.2) is 29.1 Å². The summed E-state index contributed by atoms with van der Waals surface area (Å²) >= 11 is 0. The number of fused-ring (bicyclic) bond motifs is 1. The monoisotopic (exact) mass is 335 g/mol. The summed E-state index contributed by atoms with van der Waals surface area (Å²) in [5.74, 6) is 2.69. The van der Waals surface area contributed by atoms with Crippen molar-refractivity contribution in [2.75, 3.05) is 0 Å². The van der Waals surface area contributed by atoms with Gasteiger partial charge in [0, 0.05) is 22.1 Å². The maximum absolute atomic E-state index is 13.5. The molecular weight excluding hydrogens is 310 g/mol. The van der Waals surface area contributed by atoms with Crippen molar-refractivity contribution in [1.82, 2.24) is 4.98 Å². The van der Waals surface area contributed by atoms with Crippen LogP contribution in [0.3, 0.4) is 0 Å². The highest BCUT2D eigenvalue weighted by Gasteiger charge is 2.54. The molecule has 3 heteroatoms. The maximum Gasteiger partial charge on any atom is 0.251 e. The fourth-order valence-electron chi connectivity index (χ4n) is 6.35. The summed E-state index contributed by atoms with van der Waals surface area (Å²) < 4.78 is 0. The van der Waals surface area contributed by atoms with Gasteiger partial charge < -0.3 is 4.98 Å². The summed E-state index contributed by atoms with van der Waals surface area (Å²) in [6.45, 7) is 1.99. The number of Topliss-reactive ketones (excluding diaryl/α,β-unsaturated/α-hetero) is 1. The highest BCUT2D eigenvalue weighted by molar-refractivity contribution is 6.03. The van der Waals surface area contributed by atoms with E-state index in [2.05, 4.69) is 4.98 Å². The van der Waals surface area contributed by atoms with Crippen molar-refractivity contribution >= 4 is 16.7 Å². The van der Waals surface area contributed by atoms with Crippen LogP contribution in [0, 0.1) is 23.2 Å². The summed E-state index contributed by atoms with van der Waals surface area (Å²) in [5, 5.41) is 0.979. The largest absolute Gasteiger partial charge is 0.322 e. The van der Waals surface area contributed by atoms with Crippen molar-refractivity contribution in [2.45, 2.75) is 51.9 Å². The molecule has 3 nitrogen and oxygen atoms in total. The number of rotatable bonds is 3. The third kappa shape index (κ3) is 2.32. The van der Waals surface area contributed by atoms with Gasteiger partial charge in [-0.15, -0.1) is 0 Å². The zero-order chi connectivity index (χ0) is 17.2. The van der Waals surface area contributed by atoms with Crippen LogP contribution < -0.4 is 5.56 Å². The van der Waals surface area contributed by atoms with Gasteiger partial charge >= 0.3 is 0 Å². The van der Waals surface area contributed by atoms with Crippen molar-refractivity contribution in [3.8, 4) is 0 Å². The molecular formula is C22H25NO2. The second kappa shape index (κ2) is 5.30. The van der Waals surface area contributed by atoms with Crippen LogP contribution >= 0.6 is 0 Å². The number of benzene rings is 1. The summed E-state index contributed by atoms with van der Waals surface area (Å²) in [5.41, 5.74) is 2.33. The molecule has 130 valence electrons. The molecule has 0 aliphatic heterocycles. The molecule has 4 bridgehead atoms. The average molecular weight is 335 g/mol. The second-order valence-electron chi connectivity index (χ2n) is 8.81. The lowest BCUT2D eigenvalue weighted by molar-refractivity contribution is -0.0352. The molecule has 4 aliphatic rings. The lowest BCUT2D eigenvalue weighted by Gasteiger charge is -2.56. The first-order valence-corrected chi connectivity index (χ1v) is 9.77. The average Bonchev–Trinajstić information content (AvgIpc) is 2.59. The minimum absolute atomic E-state index is 0.0184. The Morgan fingerprint density at radius 3 is 2.32 bits per heavy atom. The SMILES string of the molecule is CCc1cc2cc(C(=O)C34CC5CC(CC(C5)C3)C4)ccc2[nH]c1=O. The normalized spacial score (nSPS) is 33.1. The van der Waals surface area contributed by atoms with Crippen molar-refractivity contribution in [2.24, 2.45) is 23.2 Å². The third-order valence-electron chi connectivity index (χ3n) is 7.08. The fraction of sp³-hybridized carbons (Fsp3) is 0.545. The van der Waals surface area contributed by atoms with Crippen LogP contribution in [0.2, 0.25) is 0 Å². The molecule has 0 radical (unpaired) electrons. The molecule has 4 fully saturated rings. The lowest BCUT2D eigenvalue weighted by Crippen LogP contribution is -2.50. The Morgan fingerprint density at radius 1 is 1.08 bits per heavy atom. The van der Waals surface area contributed by atoms with Gasteiger partial charge in [-0.2, -0.15) is 0 Å². The van der Waals surface area contributed by atoms with Gasteiger partial charge in [0.25, 0.3) is 5.56 Å². The second-order valence-corrected chi connectivity index (χ2v) is 8.81. The lowest BCUT2D eigenvalue weighted by atomic mass is 9.48. The van der Waals surface area contributed by atoms with Crippen LogP contribution in [-0.4, -0.2) is 10.8 Å². The smallest absolute Gasteiger partial charge is 0.251 e. The predicted octanol–water partition coefficient (Wildman–Crippen LogP) is 4.49. The number of pyridine rings is 1. The van der Waals surface area contributed by atoms with Crippen molar-refractivity contribution in [1.29, 1.82) is 0 Å². The Balaban J connectivity index is 1.55.